The third-order valence-electron chi connectivity index (χ3n) is 4.58. The maximum Gasteiger partial charge on any atom is 0.293 e. The molecule has 0 fully saturated rings. The molecule has 190 valence electrons. The number of rotatable bonds is 9. The molecule has 0 spiro atoms. The highest BCUT2D eigenvalue weighted by Crippen LogP contribution is 2.32. The van der Waals surface area contributed by atoms with E-state index in [4.69, 9.17) is 14.2 Å². The summed E-state index contributed by atoms with van der Waals surface area (Å²) in [6.45, 7) is 13.8. The molecule has 3 aromatic rings. The molecule has 0 unspecified atom stereocenters. The maximum atomic E-state index is 10.4. The first-order valence-corrected chi connectivity index (χ1v) is 11.4. The second kappa shape index (κ2) is 16.6. The Morgan fingerprint density at radius 3 is 1.67 bits per heavy atom. The molecule has 3 aromatic carbocycles. The number of aldehydes is 1. The van der Waals surface area contributed by atoms with E-state index in [0.29, 0.717) is 18.7 Å². The summed E-state index contributed by atoms with van der Waals surface area (Å²) in [5.74, 6) is 0.749. The van der Waals surface area contributed by atoms with Crippen LogP contribution in [0.1, 0.15) is 31.9 Å². The van der Waals surface area contributed by atoms with Gasteiger partial charge in [-0.15, -0.1) is 6.58 Å². The molecule has 5 nitrogen and oxygen atoms in total. The Bertz CT molecular complexity index is 1110. The number of hydrogen-bond acceptors (Lipinski definition) is 5. The van der Waals surface area contributed by atoms with E-state index in [9.17, 15) is 9.59 Å². The van der Waals surface area contributed by atoms with Crippen molar-refractivity contribution < 1.29 is 23.8 Å². The van der Waals surface area contributed by atoms with Crippen LogP contribution in [-0.4, -0.2) is 27.0 Å². The van der Waals surface area contributed by atoms with Gasteiger partial charge in [0.25, 0.3) is 6.47 Å². The van der Waals surface area contributed by atoms with Crippen LogP contribution >= 0.6 is 0 Å². The highest BCUT2D eigenvalue weighted by molar-refractivity contribution is 5.74. The minimum atomic E-state index is 0.234. The van der Waals surface area contributed by atoms with Crippen LogP contribution in [0.4, 0.5) is 0 Å². The summed E-state index contributed by atoms with van der Waals surface area (Å²) in [4.78, 5) is 19.8. The standard InChI is InChI=1S/C23H22O4.C4H6O.C4H8/c1-25-14-17-3-6-19(7-4-17)20-8-10-21(11-9-20)22-12-5-18(15-27-16-24)13-23(22)26-2;1-4(2)3-5;1-4(2)3/h3-13,16H,14-15H2,1-2H3;3H,1H2,2H3;1H2,2-3H3. The largest absolute Gasteiger partial charge is 0.496 e. The Morgan fingerprint density at radius 2 is 1.22 bits per heavy atom. The molecule has 5 heteroatoms. The van der Waals surface area contributed by atoms with Crippen molar-refractivity contribution in [3.8, 4) is 28.0 Å². The van der Waals surface area contributed by atoms with Gasteiger partial charge in [-0.3, -0.25) is 9.59 Å². The molecule has 3 rings (SSSR count). The molecule has 0 aliphatic rings. The average molecular weight is 489 g/mol. The third kappa shape index (κ3) is 11.0. The average Bonchev–Trinajstić information content (AvgIpc) is 2.88. The van der Waals surface area contributed by atoms with Gasteiger partial charge >= 0.3 is 0 Å². The predicted octanol–water partition coefficient (Wildman–Crippen LogP) is 7.19. The molecule has 0 N–H and O–H groups in total. The molecular formula is C31H36O5. The summed E-state index contributed by atoms with van der Waals surface area (Å²) < 4.78 is 15.5. The summed E-state index contributed by atoms with van der Waals surface area (Å²) in [6.07, 6.45) is 0.722. The number of carbonyl (C=O) groups excluding carboxylic acids is 2. The van der Waals surface area contributed by atoms with Gasteiger partial charge in [-0.1, -0.05) is 72.8 Å². The van der Waals surface area contributed by atoms with Crippen molar-refractivity contribution in [1.29, 1.82) is 0 Å². The maximum absolute atomic E-state index is 10.4. The highest BCUT2D eigenvalue weighted by atomic mass is 16.5. The molecular weight excluding hydrogens is 452 g/mol. The first-order chi connectivity index (χ1) is 17.2. The van der Waals surface area contributed by atoms with Gasteiger partial charge in [0, 0.05) is 12.7 Å². The number of benzene rings is 3. The summed E-state index contributed by atoms with van der Waals surface area (Å²) in [5, 5.41) is 0. The Kier molecular flexibility index (Phi) is 13.9. The summed E-state index contributed by atoms with van der Waals surface area (Å²) >= 11 is 0. The zero-order chi connectivity index (χ0) is 26.9. The lowest BCUT2D eigenvalue weighted by Crippen LogP contribution is -1.94. The Morgan fingerprint density at radius 1 is 0.750 bits per heavy atom. The molecule has 0 saturated heterocycles. The van der Waals surface area contributed by atoms with Crippen molar-refractivity contribution in [1.82, 2.24) is 0 Å². The lowest BCUT2D eigenvalue weighted by atomic mass is 9.98. The predicted molar refractivity (Wildman–Crippen MR) is 147 cm³/mol. The van der Waals surface area contributed by atoms with Crippen LogP contribution in [0.25, 0.3) is 22.3 Å². The van der Waals surface area contributed by atoms with Crippen LogP contribution in [0.15, 0.2) is 91.0 Å². The Labute approximate surface area is 215 Å². The van der Waals surface area contributed by atoms with Gasteiger partial charge < -0.3 is 14.2 Å². The van der Waals surface area contributed by atoms with Gasteiger partial charge in [0.05, 0.1) is 13.7 Å². The lowest BCUT2D eigenvalue weighted by Gasteiger charge is -2.12. The fourth-order valence-electron chi connectivity index (χ4n) is 3.00. The minimum absolute atomic E-state index is 0.234. The van der Waals surface area contributed by atoms with Crippen molar-refractivity contribution in [3.05, 3.63) is 102 Å². The van der Waals surface area contributed by atoms with Crippen LogP contribution in [0.5, 0.6) is 5.75 Å². The smallest absolute Gasteiger partial charge is 0.293 e. The monoisotopic (exact) mass is 488 g/mol. The van der Waals surface area contributed by atoms with E-state index in [1.165, 1.54) is 5.57 Å². The highest BCUT2D eigenvalue weighted by Gasteiger charge is 2.08. The molecule has 0 aliphatic carbocycles. The van der Waals surface area contributed by atoms with Gasteiger partial charge in [0.1, 0.15) is 18.6 Å². The van der Waals surface area contributed by atoms with Crippen LogP contribution in [0.3, 0.4) is 0 Å². The summed E-state index contributed by atoms with van der Waals surface area (Å²) in [7, 11) is 3.34. The number of allylic oxidation sites excluding steroid dienone is 2. The molecule has 0 aliphatic heterocycles. The van der Waals surface area contributed by atoms with Crippen LogP contribution in [-0.2, 0) is 32.3 Å². The van der Waals surface area contributed by atoms with Crippen molar-refractivity contribution >= 4 is 12.8 Å². The SMILES string of the molecule is C=C(C)C.C=C(C)C=O.COCc1ccc(-c2ccc(-c3ccc(COC=O)cc3OC)cc2)cc1. The van der Waals surface area contributed by atoms with E-state index in [0.717, 1.165) is 45.4 Å². The quantitative estimate of drug-likeness (QED) is 0.181. The van der Waals surface area contributed by atoms with E-state index < -0.39 is 0 Å². The fourth-order valence-corrected chi connectivity index (χ4v) is 3.00. The number of carbonyl (C=O) groups is 2. The Hall–Kier alpha value is -3.96. The van der Waals surface area contributed by atoms with Gasteiger partial charge in [-0.25, -0.2) is 0 Å². The molecule has 0 bridgehead atoms. The minimum Gasteiger partial charge on any atom is -0.496 e. The zero-order valence-electron chi connectivity index (χ0n) is 21.9. The zero-order valence-corrected chi connectivity index (χ0v) is 21.9. The van der Waals surface area contributed by atoms with E-state index in [1.54, 1.807) is 21.1 Å². The molecule has 0 aromatic heterocycles. The van der Waals surface area contributed by atoms with Gasteiger partial charge in [-0.05, 0) is 60.2 Å². The van der Waals surface area contributed by atoms with Crippen molar-refractivity contribution in [2.24, 2.45) is 0 Å². The second-order valence-electron chi connectivity index (χ2n) is 8.32. The molecule has 0 atom stereocenters. The molecule has 0 saturated carbocycles. The van der Waals surface area contributed by atoms with Gasteiger partial charge in [-0.2, -0.15) is 0 Å². The van der Waals surface area contributed by atoms with Crippen molar-refractivity contribution in [2.75, 3.05) is 14.2 Å². The summed E-state index contributed by atoms with van der Waals surface area (Å²) in [5.41, 5.74) is 8.15. The van der Waals surface area contributed by atoms with E-state index in [2.05, 4.69) is 61.7 Å². The van der Waals surface area contributed by atoms with Crippen LogP contribution in [0, 0.1) is 0 Å². The number of methoxy groups -OCH3 is 2. The Balaban J connectivity index is 0.000000620. The molecule has 0 radical (unpaired) electrons. The molecule has 0 heterocycles. The fraction of sp³-hybridized carbons (Fsp3) is 0.226. The first-order valence-electron chi connectivity index (χ1n) is 11.4. The van der Waals surface area contributed by atoms with E-state index in [1.807, 2.05) is 32.0 Å². The molecule has 36 heavy (non-hydrogen) atoms. The van der Waals surface area contributed by atoms with E-state index in [-0.39, 0.29) is 6.61 Å². The van der Waals surface area contributed by atoms with Gasteiger partial charge in [0.2, 0.25) is 0 Å². The van der Waals surface area contributed by atoms with Gasteiger partial charge in [0.15, 0.2) is 0 Å². The van der Waals surface area contributed by atoms with Crippen molar-refractivity contribution in [3.63, 3.8) is 0 Å². The van der Waals surface area contributed by atoms with Crippen molar-refractivity contribution in [2.45, 2.75) is 34.0 Å². The molecule has 0 amide bonds. The van der Waals surface area contributed by atoms with Crippen LogP contribution in [0.2, 0.25) is 0 Å². The number of hydrogen-bond donors (Lipinski definition) is 0. The lowest BCUT2D eigenvalue weighted by molar-refractivity contribution is -0.129. The van der Waals surface area contributed by atoms with E-state index >= 15 is 0 Å². The second-order valence-corrected chi connectivity index (χ2v) is 8.32. The topological polar surface area (TPSA) is 61.8 Å². The summed E-state index contributed by atoms with van der Waals surface area (Å²) in [6, 6.07) is 22.5. The first kappa shape index (κ1) is 30.1. The third-order valence-corrected chi connectivity index (χ3v) is 4.58. The number of ether oxygens (including phenoxy) is 3. The normalized spacial score (nSPS) is 9.47. The van der Waals surface area contributed by atoms with Crippen LogP contribution < -0.4 is 4.74 Å².